The van der Waals surface area contributed by atoms with Crippen molar-refractivity contribution in [3.63, 3.8) is 0 Å². The lowest BCUT2D eigenvalue weighted by Gasteiger charge is -2.60. The molecular formula is C23H33N3O4. The summed E-state index contributed by atoms with van der Waals surface area (Å²) in [6.45, 7) is 3.12. The van der Waals surface area contributed by atoms with Crippen LogP contribution in [0, 0.1) is 28.6 Å². The van der Waals surface area contributed by atoms with E-state index in [4.69, 9.17) is 4.74 Å². The van der Waals surface area contributed by atoms with E-state index in [2.05, 4.69) is 16.7 Å². The highest BCUT2D eigenvalue weighted by Gasteiger charge is 2.61. The van der Waals surface area contributed by atoms with E-state index in [1.165, 1.54) is 6.92 Å². The molecule has 2 N–H and O–H groups in total. The van der Waals surface area contributed by atoms with Crippen molar-refractivity contribution in [1.29, 1.82) is 5.26 Å². The van der Waals surface area contributed by atoms with Gasteiger partial charge in [-0.05, 0) is 70.1 Å². The lowest BCUT2D eigenvalue weighted by atomic mass is 9.47. The molecular weight excluding hydrogens is 382 g/mol. The highest BCUT2D eigenvalue weighted by atomic mass is 16.5. The molecule has 5 fully saturated rings. The SMILES string of the molecule is CC(=O)NC12CC3CC(C1)CC(C(=O)OC(C)C(=O)NC1(C#N)CCCCC1)(C3)C2. The van der Waals surface area contributed by atoms with Crippen molar-refractivity contribution in [1.82, 2.24) is 10.6 Å². The van der Waals surface area contributed by atoms with Crippen LogP contribution in [0.1, 0.15) is 84.5 Å². The van der Waals surface area contributed by atoms with Gasteiger partial charge in [0.05, 0.1) is 11.5 Å². The van der Waals surface area contributed by atoms with Crippen LogP contribution in [0.25, 0.3) is 0 Å². The smallest absolute Gasteiger partial charge is 0.312 e. The number of nitrogens with zero attached hydrogens (tertiary/aromatic N) is 1. The highest BCUT2D eigenvalue weighted by Crippen LogP contribution is 2.62. The Bertz CT molecular complexity index is 766. The molecule has 5 aliphatic carbocycles. The van der Waals surface area contributed by atoms with Crippen LogP contribution in [0.2, 0.25) is 0 Å². The molecule has 5 rings (SSSR count). The average Bonchev–Trinajstić information content (AvgIpc) is 2.66. The molecule has 30 heavy (non-hydrogen) atoms. The number of hydrogen-bond donors (Lipinski definition) is 2. The van der Waals surface area contributed by atoms with Crippen LogP contribution in [-0.2, 0) is 19.1 Å². The molecule has 0 saturated heterocycles. The number of nitriles is 1. The first kappa shape index (κ1) is 21.1. The van der Waals surface area contributed by atoms with Crippen LogP contribution in [0.15, 0.2) is 0 Å². The van der Waals surface area contributed by atoms with Gasteiger partial charge in [-0.2, -0.15) is 5.26 Å². The quantitative estimate of drug-likeness (QED) is 0.671. The largest absolute Gasteiger partial charge is 0.452 e. The first-order valence-corrected chi connectivity index (χ1v) is 11.4. The number of rotatable bonds is 5. The molecule has 3 atom stereocenters. The number of ether oxygens (including phenoxy) is 1. The summed E-state index contributed by atoms with van der Waals surface area (Å²) in [6.07, 6.45) is 8.37. The standard InChI is InChI=1S/C23H33N3O4/c1-15(19(28)26-22(14-24)6-4-3-5-7-22)30-20(29)21-9-17-8-18(10-21)12-23(11-17,13-21)25-16(2)27/h15,17-18H,3-13H2,1-2H3,(H,25,27)(H,26,28). The lowest BCUT2D eigenvalue weighted by molar-refractivity contribution is -0.182. The van der Waals surface area contributed by atoms with E-state index in [9.17, 15) is 19.6 Å². The minimum Gasteiger partial charge on any atom is -0.452 e. The molecule has 0 spiro atoms. The van der Waals surface area contributed by atoms with Gasteiger partial charge in [0, 0.05) is 12.5 Å². The predicted octanol–water partition coefficient (Wildman–Crippen LogP) is 2.74. The summed E-state index contributed by atoms with van der Waals surface area (Å²) >= 11 is 0. The molecule has 0 aromatic rings. The van der Waals surface area contributed by atoms with Gasteiger partial charge in [0.25, 0.3) is 5.91 Å². The molecule has 7 nitrogen and oxygen atoms in total. The Labute approximate surface area is 178 Å². The fourth-order valence-electron chi connectivity index (χ4n) is 7.12. The van der Waals surface area contributed by atoms with Gasteiger partial charge in [-0.25, -0.2) is 0 Å². The first-order valence-electron chi connectivity index (χ1n) is 11.4. The van der Waals surface area contributed by atoms with Crippen LogP contribution < -0.4 is 10.6 Å². The van der Waals surface area contributed by atoms with Crippen LogP contribution >= 0.6 is 0 Å². The average molecular weight is 416 g/mol. The zero-order valence-corrected chi connectivity index (χ0v) is 18.1. The summed E-state index contributed by atoms with van der Waals surface area (Å²) < 4.78 is 5.70. The second-order valence-electron chi connectivity index (χ2n) is 10.5. The van der Waals surface area contributed by atoms with Crippen molar-refractivity contribution in [3.05, 3.63) is 0 Å². The van der Waals surface area contributed by atoms with E-state index in [0.717, 1.165) is 51.4 Å². The Morgan fingerprint density at radius 3 is 2.23 bits per heavy atom. The number of amides is 2. The van der Waals surface area contributed by atoms with Crippen LogP contribution in [0.4, 0.5) is 0 Å². The third-order valence-electron chi connectivity index (χ3n) is 7.87. The fraction of sp³-hybridized carbons (Fsp3) is 0.826. The Morgan fingerprint density at radius 1 is 1.03 bits per heavy atom. The topological polar surface area (TPSA) is 108 Å². The molecule has 0 radical (unpaired) electrons. The maximum atomic E-state index is 13.3. The van der Waals surface area contributed by atoms with E-state index in [1.54, 1.807) is 6.92 Å². The molecule has 2 amide bonds. The minimum absolute atomic E-state index is 0.0532. The summed E-state index contributed by atoms with van der Waals surface area (Å²) in [4.78, 5) is 37.9. The van der Waals surface area contributed by atoms with Crippen molar-refractivity contribution in [2.45, 2.75) is 102 Å². The number of carbonyl (C=O) groups excluding carboxylic acids is 3. The van der Waals surface area contributed by atoms with Gasteiger partial charge in [0.15, 0.2) is 6.10 Å². The second kappa shape index (κ2) is 7.55. The number of esters is 1. The number of hydrogen-bond acceptors (Lipinski definition) is 5. The lowest BCUT2D eigenvalue weighted by Crippen LogP contribution is -2.65. The monoisotopic (exact) mass is 415 g/mol. The molecule has 3 unspecified atom stereocenters. The fourth-order valence-corrected chi connectivity index (χ4v) is 7.12. The summed E-state index contributed by atoms with van der Waals surface area (Å²) in [5.74, 6) is 0.0667. The molecule has 5 aliphatic rings. The van der Waals surface area contributed by atoms with E-state index in [-0.39, 0.29) is 17.4 Å². The molecule has 164 valence electrons. The maximum Gasteiger partial charge on any atom is 0.312 e. The molecule has 0 aromatic heterocycles. The number of nitrogens with one attached hydrogen (secondary N) is 2. The van der Waals surface area contributed by atoms with Crippen molar-refractivity contribution in [2.75, 3.05) is 0 Å². The maximum absolute atomic E-state index is 13.3. The van der Waals surface area contributed by atoms with Gasteiger partial charge in [-0.15, -0.1) is 0 Å². The Balaban J connectivity index is 1.43. The van der Waals surface area contributed by atoms with Crippen LogP contribution in [0.5, 0.6) is 0 Å². The van der Waals surface area contributed by atoms with Crippen LogP contribution in [0.3, 0.4) is 0 Å². The van der Waals surface area contributed by atoms with Crippen molar-refractivity contribution in [3.8, 4) is 6.07 Å². The molecule has 5 saturated carbocycles. The molecule has 7 heteroatoms. The zero-order valence-electron chi connectivity index (χ0n) is 18.1. The van der Waals surface area contributed by atoms with E-state index < -0.39 is 23.0 Å². The van der Waals surface area contributed by atoms with Gasteiger partial charge >= 0.3 is 5.97 Å². The van der Waals surface area contributed by atoms with Gasteiger partial charge in [-0.3, -0.25) is 14.4 Å². The first-order chi connectivity index (χ1) is 14.2. The Morgan fingerprint density at radius 2 is 1.67 bits per heavy atom. The molecule has 4 bridgehead atoms. The van der Waals surface area contributed by atoms with E-state index in [1.807, 2.05) is 0 Å². The van der Waals surface area contributed by atoms with Gasteiger partial charge in [0.1, 0.15) is 5.54 Å². The molecule has 0 aliphatic heterocycles. The Kier molecular flexibility index (Phi) is 5.32. The highest BCUT2D eigenvalue weighted by molar-refractivity contribution is 5.86. The molecule has 0 heterocycles. The normalized spacial score (nSPS) is 37.0. The summed E-state index contributed by atoms with van der Waals surface area (Å²) in [5.41, 5.74) is -1.77. The Hall–Kier alpha value is -2.10. The minimum atomic E-state index is -0.936. The van der Waals surface area contributed by atoms with Crippen LogP contribution in [-0.4, -0.2) is 35.0 Å². The summed E-state index contributed by atoms with van der Waals surface area (Å²) in [7, 11) is 0. The van der Waals surface area contributed by atoms with E-state index >= 15 is 0 Å². The molecule has 0 aromatic carbocycles. The van der Waals surface area contributed by atoms with Crippen molar-refractivity contribution in [2.24, 2.45) is 17.3 Å². The third kappa shape index (κ3) is 3.81. The van der Waals surface area contributed by atoms with Gasteiger partial charge < -0.3 is 15.4 Å². The van der Waals surface area contributed by atoms with Gasteiger partial charge in [0.2, 0.25) is 5.91 Å². The zero-order chi connectivity index (χ0) is 21.6. The summed E-state index contributed by atoms with van der Waals surface area (Å²) in [5, 5.41) is 15.6. The summed E-state index contributed by atoms with van der Waals surface area (Å²) in [6, 6.07) is 2.28. The predicted molar refractivity (Wildman–Crippen MR) is 109 cm³/mol. The third-order valence-corrected chi connectivity index (χ3v) is 7.87. The van der Waals surface area contributed by atoms with Gasteiger partial charge in [-0.1, -0.05) is 19.3 Å². The number of carbonyl (C=O) groups is 3. The second-order valence-corrected chi connectivity index (χ2v) is 10.5. The van der Waals surface area contributed by atoms with Crippen molar-refractivity contribution >= 4 is 17.8 Å². The van der Waals surface area contributed by atoms with Crippen molar-refractivity contribution < 1.29 is 19.1 Å². The van der Waals surface area contributed by atoms with E-state index in [0.29, 0.717) is 31.1 Å².